The third-order valence-electron chi connectivity index (χ3n) is 4.86. The van der Waals surface area contributed by atoms with Crippen LogP contribution >= 0.6 is 8.25 Å². The molecule has 0 amide bonds. The van der Waals surface area contributed by atoms with E-state index in [0.717, 1.165) is 12.8 Å². The van der Waals surface area contributed by atoms with Crippen LogP contribution in [0.15, 0.2) is 12.2 Å². The predicted octanol–water partition coefficient (Wildman–Crippen LogP) is 8.25. The van der Waals surface area contributed by atoms with E-state index in [1.165, 1.54) is 103 Å². The molecule has 0 aromatic carbocycles. The maximum Gasteiger partial charge on any atom is 0.366 e. The molecule has 0 saturated heterocycles. The summed E-state index contributed by atoms with van der Waals surface area (Å²) in [4.78, 5) is 8.49. The summed E-state index contributed by atoms with van der Waals surface area (Å²) in [5.41, 5.74) is 0. The molecule has 0 spiro atoms. The standard InChI is InChI=1S/C22H44O3P/c1-2-3-4-5-6-7-8-9-10-11-12-13-14-15-16-17-18-19-20-21-22-25-26(23)24/h9-10H,2-8,11-22H2,1H3,(H,23,24)/b10-9-. The normalized spacial score (nSPS) is 12.2. The van der Waals surface area contributed by atoms with Crippen molar-refractivity contribution in [3.05, 3.63) is 12.2 Å². The van der Waals surface area contributed by atoms with Crippen LogP contribution in [0.1, 0.15) is 122 Å². The van der Waals surface area contributed by atoms with E-state index in [4.69, 9.17) is 4.89 Å². The molecule has 1 radical (unpaired) electrons. The van der Waals surface area contributed by atoms with Crippen molar-refractivity contribution in [1.29, 1.82) is 0 Å². The molecule has 4 heteroatoms. The van der Waals surface area contributed by atoms with Gasteiger partial charge in [-0.3, -0.25) is 9.42 Å². The Morgan fingerprint density at radius 1 is 0.654 bits per heavy atom. The van der Waals surface area contributed by atoms with Crippen LogP contribution in [0.3, 0.4) is 0 Å². The molecule has 0 aliphatic carbocycles. The summed E-state index contributed by atoms with van der Waals surface area (Å²) >= 11 is 0. The topological polar surface area (TPSA) is 46.5 Å². The maximum atomic E-state index is 10.3. The lowest BCUT2D eigenvalue weighted by Crippen LogP contribution is -1.87. The van der Waals surface area contributed by atoms with Crippen molar-refractivity contribution in [3.8, 4) is 0 Å². The van der Waals surface area contributed by atoms with Gasteiger partial charge in [0.25, 0.3) is 0 Å². The average Bonchev–Trinajstić information content (AvgIpc) is 2.62. The van der Waals surface area contributed by atoms with E-state index >= 15 is 0 Å². The van der Waals surface area contributed by atoms with Crippen molar-refractivity contribution in [2.75, 3.05) is 6.61 Å². The minimum atomic E-state index is -2.40. The molecule has 26 heavy (non-hydrogen) atoms. The Morgan fingerprint density at radius 2 is 1.04 bits per heavy atom. The Labute approximate surface area is 163 Å². The molecule has 0 aliphatic heterocycles. The fourth-order valence-corrected chi connectivity index (χ4v) is 3.48. The van der Waals surface area contributed by atoms with E-state index in [0.29, 0.717) is 6.61 Å². The second-order valence-corrected chi connectivity index (χ2v) is 8.16. The van der Waals surface area contributed by atoms with Crippen LogP contribution in [0.5, 0.6) is 0 Å². The zero-order valence-corrected chi connectivity index (χ0v) is 18.2. The Hall–Kier alpha value is -0.240. The Bertz CT molecular complexity index is 319. The Morgan fingerprint density at radius 3 is 1.46 bits per heavy atom. The molecule has 0 aliphatic rings. The molecule has 0 heterocycles. The summed E-state index contributed by atoms with van der Waals surface area (Å²) in [6, 6.07) is 0. The number of allylic oxidation sites excluding steroid dienone is 2. The SMILES string of the molecule is CCCCCCCC/C=C\CCCCCCCCCCCCO[P](=O)O. The first-order valence-corrected chi connectivity index (χ1v) is 12.3. The molecule has 0 fully saturated rings. The first-order chi connectivity index (χ1) is 12.8. The van der Waals surface area contributed by atoms with E-state index in [-0.39, 0.29) is 0 Å². The van der Waals surface area contributed by atoms with Crippen LogP contribution in [0.25, 0.3) is 0 Å². The van der Waals surface area contributed by atoms with Crippen LogP contribution in [-0.2, 0) is 9.09 Å². The van der Waals surface area contributed by atoms with Crippen molar-refractivity contribution in [1.82, 2.24) is 0 Å². The minimum absolute atomic E-state index is 0.416. The fourth-order valence-electron chi connectivity index (χ4n) is 3.20. The highest BCUT2D eigenvalue weighted by atomic mass is 31.1. The van der Waals surface area contributed by atoms with Gasteiger partial charge in [-0.15, -0.1) is 0 Å². The van der Waals surface area contributed by atoms with Gasteiger partial charge in [-0.2, -0.15) is 0 Å². The van der Waals surface area contributed by atoms with Crippen molar-refractivity contribution in [2.24, 2.45) is 0 Å². The molecule has 0 bridgehead atoms. The van der Waals surface area contributed by atoms with Crippen LogP contribution < -0.4 is 0 Å². The second kappa shape index (κ2) is 22.8. The molecule has 0 rings (SSSR count). The van der Waals surface area contributed by atoms with E-state index in [2.05, 4.69) is 23.6 Å². The summed E-state index contributed by atoms with van der Waals surface area (Å²) in [5.74, 6) is 0. The van der Waals surface area contributed by atoms with Crippen LogP contribution in [0, 0.1) is 0 Å². The number of unbranched alkanes of at least 4 members (excludes halogenated alkanes) is 16. The highest BCUT2D eigenvalue weighted by molar-refractivity contribution is 7.32. The zero-order chi connectivity index (χ0) is 19.1. The lowest BCUT2D eigenvalue weighted by atomic mass is 10.1. The molecule has 1 unspecified atom stereocenters. The second-order valence-electron chi connectivity index (χ2n) is 7.42. The quantitative estimate of drug-likeness (QED) is 0.122. The third kappa shape index (κ3) is 23.8. The molecule has 0 saturated carbocycles. The van der Waals surface area contributed by atoms with Gasteiger partial charge in [-0.1, -0.05) is 103 Å². The van der Waals surface area contributed by atoms with Gasteiger partial charge >= 0.3 is 8.25 Å². The molecule has 1 atom stereocenters. The summed E-state index contributed by atoms with van der Waals surface area (Å²) in [6.45, 7) is 2.69. The summed E-state index contributed by atoms with van der Waals surface area (Å²) in [7, 11) is -2.40. The van der Waals surface area contributed by atoms with Crippen LogP contribution in [-0.4, -0.2) is 11.5 Å². The van der Waals surface area contributed by atoms with Gasteiger partial charge in [-0.25, -0.2) is 4.57 Å². The van der Waals surface area contributed by atoms with Gasteiger partial charge in [0.2, 0.25) is 0 Å². The van der Waals surface area contributed by atoms with Crippen LogP contribution in [0.4, 0.5) is 0 Å². The molecule has 3 nitrogen and oxygen atoms in total. The number of rotatable bonds is 21. The highest BCUT2D eigenvalue weighted by Crippen LogP contribution is 2.16. The lowest BCUT2D eigenvalue weighted by Gasteiger charge is -2.02. The van der Waals surface area contributed by atoms with Gasteiger partial charge in [-0.05, 0) is 32.1 Å². The van der Waals surface area contributed by atoms with E-state index in [9.17, 15) is 4.57 Å². The minimum Gasteiger partial charge on any atom is -0.298 e. The molecular weight excluding hydrogens is 343 g/mol. The smallest absolute Gasteiger partial charge is 0.298 e. The number of hydrogen-bond donors (Lipinski definition) is 1. The third-order valence-corrected chi connectivity index (χ3v) is 5.26. The van der Waals surface area contributed by atoms with E-state index < -0.39 is 8.25 Å². The molecule has 1 N–H and O–H groups in total. The largest absolute Gasteiger partial charge is 0.366 e. The Balaban J connectivity index is 3.06. The predicted molar refractivity (Wildman–Crippen MR) is 114 cm³/mol. The van der Waals surface area contributed by atoms with Gasteiger partial charge < -0.3 is 0 Å². The van der Waals surface area contributed by atoms with Crippen LogP contribution in [0.2, 0.25) is 0 Å². The van der Waals surface area contributed by atoms with E-state index in [1.54, 1.807) is 0 Å². The maximum absolute atomic E-state index is 10.3. The highest BCUT2D eigenvalue weighted by Gasteiger charge is 1.96. The molecular formula is C22H44O3P. The van der Waals surface area contributed by atoms with Crippen molar-refractivity contribution >= 4 is 8.25 Å². The van der Waals surface area contributed by atoms with Gasteiger partial charge in [0, 0.05) is 0 Å². The molecule has 0 aromatic rings. The van der Waals surface area contributed by atoms with Crippen molar-refractivity contribution in [2.45, 2.75) is 122 Å². The van der Waals surface area contributed by atoms with Gasteiger partial charge in [0.05, 0.1) is 6.61 Å². The zero-order valence-electron chi connectivity index (χ0n) is 17.3. The van der Waals surface area contributed by atoms with Crippen molar-refractivity contribution in [3.63, 3.8) is 0 Å². The summed E-state index contributed by atoms with van der Waals surface area (Å²) in [6.07, 6.45) is 28.3. The van der Waals surface area contributed by atoms with Gasteiger partial charge in [0.1, 0.15) is 0 Å². The molecule has 0 aromatic heterocycles. The lowest BCUT2D eigenvalue weighted by molar-refractivity contribution is 0.273. The monoisotopic (exact) mass is 387 g/mol. The van der Waals surface area contributed by atoms with Gasteiger partial charge in [0.15, 0.2) is 0 Å². The van der Waals surface area contributed by atoms with E-state index in [1.807, 2.05) is 0 Å². The summed E-state index contributed by atoms with van der Waals surface area (Å²) in [5, 5.41) is 0. The first kappa shape index (κ1) is 25.8. The fraction of sp³-hybridized carbons (Fsp3) is 0.909. The van der Waals surface area contributed by atoms with Crippen molar-refractivity contribution < 1.29 is 14.0 Å². The number of hydrogen-bond acceptors (Lipinski definition) is 2. The Kier molecular flexibility index (Phi) is 22.6. The average molecular weight is 388 g/mol. The summed E-state index contributed by atoms with van der Waals surface area (Å²) < 4.78 is 15.0. The molecule has 155 valence electrons. The first-order valence-electron chi connectivity index (χ1n) is 11.2.